The molecule has 0 bridgehead atoms. The molecule has 0 aliphatic heterocycles. The van der Waals surface area contributed by atoms with Crippen LogP contribution in [-0.4, -0.2) is 30.0 Å². The van der Waals surface area contributed by atoms with Gasteiger partial charge in [0, 0.05) is 11.5 Å². The maximum Gasteiger partial charge on any atom is 0.315 e. The zero-order chi connectivity index (χ0) is 19.6. The van der Waals surface area contributed by atoms with Crippen molar-refractivity contribution in [1.29, 1.82) is 0 Å². The number of ether oxygens (including phenoxy) is 2. The van der Waals surface area contributed by atoms with Crippen molar-refractivity contribution in [3.8, 4) is 17.2 Å². The van der Waals surface area contributed by atoms with Gasteiger partial charge in [0.1, 0.15) is 0 Å². The summed E-state index contributed by atoms with van der Waals surface area (Å²) < 4.78 is 15.7. The van der Waals surface area contributed by atoms with E-state index in [1.54, 1.807) is 24.3 Å². The zero-order valence-corrected chi connectivity index (χ0v) is 14.5. The second kappa shape index (κ2) is 7.20. The van der Waals surface area contributed by atoms with Crippen molar-refractivity contribution in [1.82, 2.24) is 0 Å². The third-order valence-corrected chi connectivity index (χ3v) is 3.89. The molecule has 8 heteroatoms. The van der Waals surface area contributed by atoms with Crippen LogP contribution in [0.15, 0.2) is 46.9 Å². The number of phenolic OH excluding ortho intramolecular Hbond substituents is 1. The Morgan fingerprint density at radius 3 is 2.59 bits per heavy atom. The van der Waals surface area contributed by atoms with Gasteiger partial charge in [0.05, 0.1) is 19.1 Å². The Bertz CT molecular complexity index is 1070. The lowest BCUT2D eigenvalue weighted by molar-refractivity contribution is -0.386. The predicted molar refractivity (Wildman–Crippen MR) is 97.4 cm³/mol. The lowest BCUT2D eigenvalue weighted by Crippen LogP contribution is -1.94. The van der Waals surface area contributed by atoms with Gasteiger partial charge in [-0.05, 0) is 29.8 Å². The van der Waals surface area contributed by atoms with Crippen molar-refractivity contribution in [2.24, 2.45) is 0 Å². The Balaban J connectivity index is 1.93. The number of rotatable bonds is 6. The number of phenols is 1. The summed E-state index contributed by atoms with van der Waals surface area (Å²) in [5, 5.41) is 21.5. The van der Waals surface area contributed by atoms with Crippen molar-refractivity contribution in [2.45, 2.75) is 0 Å². The van der Waals surface area contributed by atoms with E-state index in [1.807, 2.05) is 0 Å². The first-order valence-electron chi connectivity index (χ1n) is 7.79. The fraction of sp³-hybridized carbons (Fsp3) is 0.105. The number of nitro benzene ring substituents is 1. The molecule has 0 aliphatic rings. The van der Waals surface area contributed by atoms with Crippen LogP contribution in [0.3, 0.4) is 0 Å². The van der Waals surface area contributed by atoms with Gasteiger partial charge in [0.25, 0.3) is 0 Å². The molecule has 0 spiro atoms. The lowest BCUT2D eigenvalue weighted by atomic mass is 10.1. The molecule has 2 aromatic carbocycles. The molecule has 3 rings (SSSR count). The summed E-state index contributed by atoms with van der Waals surface area (Å²) in [5.41, 5.74) is 0.256. The minimum absolute atomic E-state index is 0.0650. The normalized spacial score (nSPS) is 11.0. The summed E-state index contributed by atoms with van der Waals surface area (Å²) in [6.45, 7) is 0. The molecule has 27 heavy (non-hydrogen) atoms. The average Bonchev–Trinajstić information content (AvgIpc) is 3.11. The molecule has 0 saturated carbocycles. The van der Waals surface area contributed by atoms with Crippen molar-refractivity contribution >= 4 is 28.5 Å². The van der Waals surface area contributed by atoms with Crippen LogP contribution in [0.2, 0.25) is 0 Å². The highest BCUT2D eigenvalue weighted by atomic mass is 16.6. The van der Waals surface area contributed by atoms with Crippen molar-refractivity contribution in [3.63, 3.8) is 0 Å². The van der Waals surface area contributed by atoms with E-state index in [-0.39, 0.29) is 11.5 Å². The molecule has 1 aromatic heterocycles. The van der Waals surface area contributed by atoms with Crippen molar-refractivity contribution < 1.29 is 28.7 Å². The van der Waals surface area contributed by atoms with Gasteiger partial charge in [-0.2, -0.15) is 0 Å². The van der Waals surface area contributed by atoms with Crippen LogP contribution >= 0.6 is 0 Å². The Hall–Kier alpha value is -3.81. The molecule has 0 aliphatic carbocycles. The molecule has 0 fully saturated rings. The van der Waals surface area contributed by atoms with Gasteiger partial charge in [-0.15, -0.1) is 0 Å². The van der Waals surface area contributed by atoms with E-state index in [1.165, 1.54) is 32.4 Å². The van der Waals surface area contributed by atoms with Crippen LogP contribution in [0.4, 0.5) is 5.69 Å². The van der Waals surface area contributed by atoms with Crippen LogP contribution in [0.5, 0.6) is 17.2 Å². The molecule has 0 radical (unpaired) electrons. The van der Waals surface area contributed by atoms with Gasteiger partial charge in [0.2, 0.25) is 11.5 Å². The first kappa shape index (κ1) is 18.0. The minimum atomic E-state index is -0.734. The van der Waals surface area contributed by atoms with Gasteiger partial charge in [-0.3, -0.25) is 14.9 Å². The maximum atomic E-state index is 12.4. The molecule has 1 N–H and O–H groups in total. The van der Waals surface area contributed by atoms with E-state index in [9.17, 15) is 20.0 Å². The fourth-order valence-electron chi connectivity index (χ4n) is 2.58. The molecule has 0 atom stereocenters. The highest BCUT2D eigenvalue weighted by Crippen LogP contribution is 2.37. The summed E-state index contributed by atoms with van der Waals surface area (Å²) in [6, 6.07) is 9.40. The second-order valence-electron chi connectivity index (χ2n) is 5.53. The van der Waals surface area contributed by atoms with Crippen LogP contribution in [0.1, 0.15) is 16.1 Å². The summed E-state index contributed by atoms with van der Waals surface area (Å²) in [5.74, 6) is -0.455. The number of fused-ring (bicyclic) bond motifs is 1. The molecule has 0 amide bonds. The number of ketones is 1. The van der Waals surface area contributed by atoms with Gasteiger partial charge in [0.15, 0.2) is 22.8 Å². The average molecular weight is 369 g/mol. The molecule has 138 valence electrons. The van der Waals surface area contributed by atoms with Crippen molar-refractivity contribution in [3.05, 3.63) is 63.9 Å². The SMILES string of the molecule is COc1cc(/C=C/C(=O)c2cc3cccc(OC)c3o2)cc([N+](=O)[O-])c1O. The number of furan rings is 1. The minimum Gasteiger partial charge on any atom is -0.500 e. The Morgan fingerprint density at radius 1 is 1.19 bits per heavy atom. The number of methoxy groups -OCH3 is 2. The summed E-state index contributed by atoms with van der Waals surface area (Å²) in [4.78, 5) is 22.7. The topological polar surface area (TPSA) is 112 Å². The molecular formula is C19H15NO7. The van der Waals surface area contributed by atoms with Gasteiger partial charge < -0.3 is 19.0 Å². The monoisotopic (exact) mass is 369 g/mol. The predicted octanol–water partition coefficient (Wildman–Crippen LogP) is 3.96. The first-order chi connectivity index (χ1) is 12.9. The van der Waals surface area contributed by atoms with Crippen molar-refractivity contribution in [2.75, 3.05) is 14.2 Å². The zero-order valence-electron chi connectivity index (χ0n) is 14.5. The van der Waals surface area contributed by atoms with E-state index in [0.29, 0.717) is 22.3 Å². The maximum absolute atomic E-state index is 12.4. The largest absolute Gasteiger partial charge is 0.500 e. The summed E-state index contributed by atoms with van der Waals surface area (Å²) in [6.07, 6.45) is 2.60. The standard InChI is InChI=1S/C19H15NO7/c1-25-15-5-3-4-12-10-16(27-19(12)15)14(21)7-6-11-8-13(20(23)24)18(22)17(9-11)26-2/h3-10,22H,1-2H3/b7-6+. The first-order valence-corrected chi connectivity index (χ1v) is 7.79. The van der Waals surface area contributed by atoms with Gasteiger partial charge in [-0.1, -0.05) is 18.2 Å². The highest BCUT2D eigenvalue weighted by molar-refractivity contribution is 6.07. The number of allylic oxidation sites excluding steroid dienone is 1. The number of aromatic hydroxyl groups is 1. The number of carbonyl (C=O) groups is 1. The van der Waals surface area contributed by atoms with E-state index < -0.39 is 22.1 Å². The number of nitrogens with zero attached hydrogens (tertiary/aromatic N) is 1. The third-order valence-electron chi connectivity index (χ3n) is 3.89. The fourth-order valence-corrected chi connectivity index (χ4v) is 2.58. The number of nitro groups is 1. The Labute approximate surface area is 153 Å². The Kier molecular flexibility index (Phi) is 4.80. The highest BCUT2D eigenvalue weighted by Gasteiger charge is 2.19. The summed E-state index contributed by atoms with van der Waals surface area (Å²) >= 11 is 0. The van der Waals surface area contributed by atoms with Gasteiger partial charge in [-0.25, -0.2) is 0 Å². The van der Waals surface area contributed by atoms with Crippen LogP contribution in [0, 0.1) is 10.1 Å². The number of para-hydroxylation sites is 1. The molecule has 8 nitrogen and oxygen atoms in total. The van der Waals surface area contributed by atoms with Crippen LogP contribution in [-0.2, 0) is 0 Å². The number of hydrogen-bond acceptors (Lipinski definition) is 7. The summed E-state index contributed by atoms with van der Waals surface area (Å²) in [7, 11) is 2.78. The van der Waals surface area contributed by atoms with Crippen LogP contribution in [0.25, 0.3) is 17.0 Å². The third kappa shape index (κ3) is 3.45. The second-order valence-corrected chi connectivity index (χ2v) is 5.53. The molecule has 0 unspecified atom stereocenters. The number of carbonyl (C=O) groups excluding carboxylic acids is 1. The number of hydrogen-bond donors (Lipinski definition) is 1. The van der Waals surface area contributed by atoms with E-state index in [4.69, 9.17) is 13.9 Å². The Morgan fingerprint density at radius 2 is 1.93 bits per heavy atom. The molecule has 0 saturated heterocycles. The van der Waals surface area contributed by atoms with E-state index in [0.717, 1.165) is 6.07 Å². The van der Waals surface area contributed by atoms with Crippen LogP contribution < -0.4 is 9.47 Å². The quantitative estimate of drug-likeness (QED) is 0.303. The lowest BCUT2D eigenvalue weighted by Gasteiger charge is -2.05. The molecular weight excluding hydrogens is 354 g/mol. The van der Waals surface area contributed by atoms with Gasteiger partial charge >= 0.3 is 5.69 Å². The smallest absolute Gasteiger partial charge is 0.315 e. The molecule has 3 aromatic rings. The van der Waals surface area contributed by atoms with E-state index >= 15 is 0 Å². The number of benzene rings is 2. The van der Waals surface area contributed by atoms with E-state index in [2.05, 4.69) is 0 Å². The molecule has 1 heterocycles.